The molecule has 1 fully saturated rings. The lowest BCUT2D eigenvalue weighted by molar-refractivity contribution is -0.765. The number of pyridine rings is 1. The number of ether oxygens (including phenoxy) is 2. The van der Waals surface area contributed by atoms with Gasteiger partial charge in [0.15, 0.2) is 18.5 Å². The fourth-order valence-electron chi connectivity index (χ4n) is 2.83. The Morgan fingerprint density at radius 2 is 2.07 bits per heavy atom. The van der Waals surface area contributed by atoms with Crippen molar-refractivity contribution in [2.24, 2.45) is 0 Å². The van der Waals surface area contributed by atoms with Gasteiger partial charge in [0, 0.05) is 6.07 Å². The molecule has 0 amide bonds. The molecule has 158 valence electrons. The normalized spacial score (nSPS) is 26.8. The first-order valence-corrected chi connectivity index (χ1v) is 10.6. The fourth-order valence-corrected chi connectivity index (χ4v) is 3.16. The van der Waals surface area contributed by atoms with Gasteiger partial charge in [0.2, 0.25) is 0 Å². The van der Waals surface area contributed by atoms with Gasteiger partial charge in [-0.1, -0.05) is 26.2 Å². The summed E-state index contributed by atoms with van der Waals surface area (Å²) in [5.74, 6) is -0.522. The molecule has 1 saturated heterocycles. The van der Waals surface area contributed by atoms with E-state index in [1.54, 1.807) is 12.1 Å². The van der Waals surface area contributed by atoms with E-state index in [9.17, 15) is 24.5 Å². The summed E-state index contributed by atoms with van der Waals surface area (Å²) in [4.78, 5) is 31.5. The van der Waals surface area contributed by atoms with Crippen LogP contribution in [-0.2, 0) is 18.6 Å². The van der Waals surface area contributed by atoms with Crippen LogP contribution in [0.25, 0.3) is 0 Å². The monoisotopic (exact) mass is 419 g/mol. The summed E-state index contributed by atoms with van der Waals surface area (Å²) in [7, 11) is -4.99. The zero-order chi connectivity index (χ0) is 20.7. The Hall–Kier alpha value is -1.39. The summed E-state index contributed by atoms with van der Waals surface area (Å²) in [5.41, 5.74) is 0.238. The minimum Gasteiger partial charge on any atom is -0.756 e. The maximum Gasteiger partial charge on any atom is 0.344 e. The Labute approximate surface area is 162 Å². The van der Waals surface area contributed by atoms with Gasteiger partial charge in [-0.05, 0) is 12.5 Å². The number of hydrogen-bond acceptors (Lipinski definition) is 8. The number of carbonyl (C=O) groups excluding carboxylic acids is 1. The first-order chi connectivity index (χ1) is 13.2. The molecule has 1 aromatic heterocycles. The summed E-state index contributed by atoms with van der Waals surface area (Å²) < 4.78 is 27.0. The zero-order valence-electron chi connectivity index (χ0n) is 15.5. The fraction of sp³-hybridized carbons (Fsp3) is 0.647. The molecule has 0 aromatic carbocycles. The Balaban J connectivity index is 1.98. The largest absolute Gasteiger partial charge is 0.756 e. The molecule has 1 aromatic rings. The number of nitrogens with zero attached hydrogens (tertiary/aromatic N) is 1. The number of unbranched alkanes of at least 4 members (excludes halogenated alkanes) is 3. The van der Waals surface area contributed by atoms with Gasteiger partial charge in [-0.15, -0.1) is 0 Å². The van der Waals surface area contributed by atoms with Crippen molar-refractivity contribution in [2.45, 2.75) is 57.1 Å². The van der Waals surface area contributed by atoms with E-state index < -0.39 is 44.9 Å². The average Bonchev–Trinajstić information content (AvgIpc) is 2.94. The molecule has 3 N–H and O–H groups in total. The molecular formula is C17H26NO9P. The van der Waals surface area contributed by atoms with Crippen LogP contribution in [0.3, 0.4) is 0 Å². The van der Waals surface area contributed by atoms with Crippen LogP contribution in [0, 0.1) is 0 Å². The van der Waals surface area contributed by atoms with E-state index in [1.807, 2.05) is 0 Å². The molecule has 0 saturated carbocycles. The van der Waals surface area contributed by atoms with Crippen molar-refractivity contribution in [2.75, 3.05) is 13.2 Å². The lowest BCUT2D eigenvalue weighted by Gasteiger charge is -2.19. The molecule has 1 aliphatic heterocycles. The maximum absolute atomic E-state index is 12.2. The number of aromatic nitrogens is 1. The summed E-state index contributed by atoms with van der Waals surface area (Å²) in [5, 5.41) is 20.2. The Kier molecular flexibility index (Phi) is 8.51. The molecule has 11 heteroatoms. The smallest absolute Gasteiger partial charge is 0.344 e. The summed E-state index contributed by atoms with van der Waals surface area (Å²) in [6.45, 7) is 1.74. The van der Waals surface area contributed by atoms with Gasteiger partial charge in [0.1, 0.15) is 17.8 Å². The van der Waals surface area contributed by atoms with Crippen molar-refractivity contribution in [3.05, 3.63) is 30.1 Å². The highest BCUT2D eigenvalue weighted by Crippen LogP contribution is 2.33. The van der Waals surface area contributed by atoms with E-state index in [2.05, 4.69) is 11.4 Å². The van der Waals surface area contributed by atoms with Gasteiger partial charge in [-0.25, -0.2) is 4.79 Å². The van der Waals surface area contributed by atoms with Crippen LogP contribution in [-0.4, -0.2) is 52.6 Å². The highest BCUT2D eigenvalue weighted by Gasteiger charge is 2.48. The highest BCUT2D eigenvalue weighted by molar-refractivity contribution is 7.44. The van der Waals surface area contributed by atoms with Gasteiger partial charge < -0.3 is 34.0 Å². The van der Waals surface area contributed by atoms with E-state index in [-0.39, 0.29) is 5.56 Å². The standard InChI is InChI=1S/C17H26NO9P/c1-2-3-4-5-9-25-17(21)12-7-6-8-18(10-12)16-15(20)14(19)13(27-16)11-26-28(22,23)24/h6-8,10,13-16,19-20H,2-5,9,11H2,1H3,(H-,22,23,24)/t13-,14+,15+,16-/m1/s1. The lowest BCUT2D eigenvalue weighted by Crippen LogP contribution is -2.46. The van der Waals surface area contributed by atoms with Gasteiger partial charge in [0.05, 0.1) is 13.2 Å². The van der Waals surface area contributed by atoms with Crippen LogP contribution in [0.4, 0.5) is 0 Å². The molecule has 0 spiro atoms. The van der Waals surface area contributed by atoms with Gasteiger partial charge in [0.25, 0.3) is 14.1 Å². The van der Waals surface area contributed by atoms with Gasteiger partial charge in [-0.3, -0.25) is 4.57 Å². The predicted octanol–water partition coefficient (Wildman–Crippen LogP) is -0.192. The Morgan fingerprint density at radius 3 is 2.75 bits per heavy atom. The van der Waals surface area contributed by atoms with Gasteiger partial charge >= 0.3 is 5.97 Å². The number of esters is 1. The number of hydrogen-bond donors (Lipinski definition) is 3. The topological polar surface area (TPSA) is 149 Å². The van der Waals surface area contributed by atoms with Crippen molar-refractivity contribution < 1.29 is 47.9 Å². The molecule has 28 heavy (non-hydrogen) atoms. The third kappa shape index (κ3) is 6.59. The van der Waals surface area contributed by atoms with E-state index in [0.717, 1.165) is 25.7 Å². The minimum atomic E-state index is -4.99. The molecule has 5 atom stereocenters. The molecule has 10 nitrogen and oxygen atoms in total. The quantitative estimate of drug-likeness (QED) is 0.203. The van der Waals surface area contributed by atoms with Crippen LogP contribution in [0.2, 0.25) is 0 Å². The van der Waals surface area contributed by atoms with Gasteiger partial charge in [-0.2, -0.15) is 4.57 Å². The molecule has 0 aliphatic carbocycles. The molecule has 2 rings (SSSR count). The molecular weight excluding hydrogens is 393 g/mol. The highest BCUT2D eigenvalue weighted by atomic mass is 31.2. The van der Waals surface area contributed by atoms with Crippen molar-refractivity contribution in [3.63, 3.8) is 0 Å². The van der Waals surface area contributed by atoms with Crippen molar-refractivity contribution in [1.29, 1.82) is 0 Å². The summed E-state index contributed by atoms with van der Waals surface area (Å²) in [6.07, 6.45) is 1.73. The second-order valence-electron chi connectivity index (χ2n) is 6.55. The minimum absolute atomic E-state index is 0.238. The average molecular weight is 419 g/mol. The van der Waals surface area contributed by atoms with E-state index in [1.165, 1.54) is 17.0 Å². The molecule has 1 unspecified atom stereocenters. The lowest BCUT2D eigenvalue weighted by atomic mass is 10.1. The molecule has 2 heterocycles. The molecule has 0 bridgehead atoms. The summed E-state index contributed by atoms with van der Waals surface area (Å²) >= 11 is 0. The van der Waals surface area contributed by atoms with Crippen LogP contribution >= 0.6 is 7.82 Å². The predicted molar refractivity (Wildman–Crippen MR) is 92.8 cm³/mol. The molecule has 1 aliphatic rings. The first kappa shape index (κ1) is 22.9. The number of rotatable bonds is 10. The maximum atomic E-state index is 12.2. The number of carbonyl (C=O) groups is 1. The van der Waals surface area contributed by atoms with E-state index in [0.29, 0.717) is 6.61 Å². The molecule has 0 radical (unpaired) electrons. The van der Waals surface area contributed by atoms with E-state index in [4.69, 9.17) is 14.4 Å². The van der Waals surface area contributed by atoms with Crippen LogP contribution < -0.4 is 9.46 Å². The van der Waals surface area contributed by atoms with E-state index >= 15 is 0 Å². The second kappa shape index (κ2) is 10.4. The number of aliphatic hydroxyl groups excluding tert-OH is 2. The summed E-state index contributed by atoms with van der Waals surface area (Å²) in [6, 6.07) is 3.10. The van der Waals surface area contributed by atoms with Crippen LogP contribution in [0.5, 0.6) is 0 Å². The third-order valence-electron chi connectivity index (χ3n) is 4.32. The zero-order valence-corrected chi connectivity index (χ0v) is 16.4. The third-order valence-corrected chi connectivity index (χ3v) is 4.80. The van der Waals surface area contributed by atoms with Crippen molar-refractivity contribution in [1.82, 2.24) is 0 Å². The number of phosphoric ester groups is 1. The van der Waals surface area contributed by atoms with Crippen LogP contribution in [0.1, 0.15) is 49.2 Å². The Morgan fingerprint density at radius 1 is 1.32 bits per heavy atom. The van der Waals surface area contributed by atoms with Crippen molar-refractivity contribution in [3.8, 4) is 0 Å². The Bertz CT molecular complexity index is 695. The SMILES string of the molecule is CCCCCCOC(=O)c1ccc[n+]([C@@H]2O[C@H](COP(=O)([O-])O)[C@H](O)[C@@H]2O)c1. The number of phosphoric acid groups is 1. The second-order valence-corrected chi connectivity index (χ2v) is 7.74. The first-order valence-electron chi connectivity index (χ1n) is 9.11. The van der Waals surface area contributed by atoms with Crippen molar-refractivity contribution >= 4 is 13.8 Å². The number of aliphatic hydroxyl groups is 2. The van der Waals surface area contributed by atoms with Crippen LogP contribution in [0.15, 0.2) is 24.5 Å².